The Morgan fingerprint density at radius 3 is 2.35 bits per heavy atom. The molecule has 3 N–H and O–H groups in total. The molecule has 0 radical (unpaired) electrons. The zero-order valence-corrected chi connectivity index (χ0v) is 20.2. The number of hydrogen-bond donors (Lipinski definition) is 3. The van der Waals surface area contributed by atoms with Gasteiger partial charge >= 0.3 is 5.69 Å². The Morgan fingerprint density at radius 2 is 1.54 bits per heavy atom. The van der Waals surface area contributed by atoms with Crippen LogP contribution in [0.5, 0.6) is 0 Å². The minimum absolute atomic E-state index is 0.0874. The maximum atomic E-state index is 13.2. The first-order chi connectivity index (χ1) is 18.0. The summed E-state index contributed by atoms with van der Waals surface area (Å²) in [5, 5.41) is 6.03. The lowest BCUT2D eigenvalue weighted by molar-refractivity contribution is -0.116. The zero-order chi connectivity index (χ0) is 25.8. The normalized spacial score (nSPS) is 13.5. The molecule has 1 aliphatic rings. The average molecular weight is 498 g/mol. The van der Waals surface area contributed by atoms with E-state index in [-0.39, 0.29) is 17.2 Å². The number of aromatic nitrogens is 2. The first kappa shape index (κ1) is 24.2. The van der Waals surface area contributed by atoms with E-state index in [1.807, 2.05) is 0 Å². The summed E-state index contributed by atoms with van der Waals surface area (Å²) in [5.74, 6) is -0.580. The number of carbonyl (C=O) groups excluding carboxylic acids is 2. The monoisotopic (exact) mass is 497 g/mol. The molecule has 1 saturated heterocycles. The summed E-state index contributed by atoms with van der Waals surface area (Å²) >= 11 is 0. The lowest BCUT2D eigenvalue weighted by Crippen LogP contribution is -2.35. The van der Waals surface area contributed by atoms with E-state index in [0.717, 1.165) is 24.2 Å². The van der Waals surface area contributed by atoms with Crippen LogP contribution in [-0.4, -0.2) is 45.9 Å². The highest BCUT2D eigenvalue weighted by Gasteiger charge is 2.18. The number of fused-ring (bicyclic) bond motifs is 1. The summed E-state index contributed by atoms with van der Waals surface area (Å²) in [6.45, 7) is 2.80. The second kappa shape index (κ2) is 10.6. The molecule has 188 valence electrons. The molecule has 0 spiro atoms. The molecular weight excluding hydrogens is 470 g/mol. The smallest absolute Gasteiger partial charge is 0.326 e. The van der Waals surface area contributed by atoms with Gasteiger partial charge in [-0.2, -0.15) is 0 Å². The van der Waals surface area contributed by atoms with Crippen molar-refractivity contribution in [2.24, 2.45) is 0 Å². The molecule has 2 amide bonds. The Morgan fingerprint density at radius 1 is 0.838 bits per heavy atom. The second-order valence-corrected chi connectivity index (χ2v) is 9.02. The van der Waals surface area contributed by atoms with Gasteiger partial charge in [0.1, 0.15) is 0 Å². The van der Waals surface area contributed by atoms with Gasteiger partial charge in [0.15, 0.2) is 0 Å². The van der Waals surface area contributed by atoms with Crippen molar-refractivity contribution in [3.63, 3.8) is 0 Å². The fourth-order valence-corrected chi connectivity index (χ4v) is 4.60. The molecule has 9 heteroatoms. The van der Waals surface area contributed by atoms with Crippen molar-refractivity contribution in [1.29, 1.82) is 0 Å². The van der Waals surface area contributed by atoms with Gasteiger partial charge < -0.3 is 20.5 Å². The van der Waals surface area contributed by atoms with E-state index in [1.165, 1.54) is 12.8 Å². The predicted octanol–water partition coefficient (Wildman–Crippen LogP) is 3.36. The van der Waals surface area contributed by atoms with Crippen LogP contribution in [0.25, 0.3) is 16.6 Å². The summed E-state index contributed by atoms with van der Waals surface area (Å²) < 4.78 is 0.967. The number of H-pyrrole nitrogens is 1. The second-order valence-electron chi connectivity index (χ2n) is 9.02. The topological polar surface area (TPSA) is 116 Å². The molecule has 0 atom stereocenters. The molecule has 3 aromatic carbocycles. The molecule has 37 heavy (non-hydrogen) atoms. The van der Waals surface area contributed by atoms with Crippen molar-refractivity contribution in [3.05, 3.63) is 99.2 Å². The number of para-hydroxylation sites is 2. The van der Waals surface area contributed by atoms with E-state index in [9.17, 15) is 19.2 Å². The van der Waals surface area contributed by atoms with E-state index < -0.39 is 17.2 Å². The first-order valence-corrected chi connectivity index (χ1v) is 12.3. The number of carbonyl (C=O) groups is 2. The fraction of sp³-hybridized carbons (Fsp3) is 0.214. The largest absolute Gasteiger partial charge is 0.333 e. The Kier molecular flexibility index (Phi) is 6.96. The van der Waals surface area contributed by atoms with Gasteiger partial charge in [-0.3, -0.25) is 14.4 Å². The SMILES string of the molecule is O=C(CCN1CCCC1)Nc1cccc(NC(=O)c2ccccc2-n2c(=O)[nH]c3ccccc3c2=O)c1. The molecule has 0 unspecified atom stereocenters. The van der Waals surface area contributed by atoms with Crippen LogP contribution in [0.4, 0.5) is 11.4 Å². The van der Waals surface area contributed by atoms with Gasteiger partial charge in [-0.25, -0.2) is 9.36 Å². The van der Waals surface area contributed by atoms with Crippen LogP contribution in [0.3, 0.4) is 0 Å². The Hall–Kier alpha value is -4.50. The standard InChI is InChI=1S/C28H27N5O4/c34-25(14-17-32-15-5-6-16-32)29-19-8-7-9-20(18-19)30-26(35)22-11-2-4-13-24(22)33-27(36)21-10-1-3-12-23(21)31-28(33)37/h1-4,7-13,18H,5-6,14-17H2,(H,29,34)(H,30,35)(H,31,37). The number of rotatable bonds is 7. The van der Waals surface area contributed by atoms with E-state index in [0.29, 0.717) is 28.7 Å². The average Bonchev–Trinajstić information content (AvgIpc) is 3.42. The van der Waals surface area contributed by atoms with Crippen LogP contribution in [0.2, 0.25) is 0 Å². The Labute approximate surface area is 212 Å². The summed E-state index contributed by atoms with van der Waals surface area (Å²) in [6, 6.07) is 20.0. The molecule has 1 aromatic heterocycles. The summed E-state index contributed by atoms with van der Waals surface area (Å²) in [6.07, 6.45) is 2.76. The van der Waals surface area contributed by atoms with Crippen molar-refractivity contribution in [1.82, 2.24) is 14.5 Å². The van der Waals surface area contributed by atoms with Gasteiger partial charge in [-0.15, -0.1) is 0 Å². The minimum atomic E-state index is -0.636. The molecule has 2 heterocycles. The van der Waals surface area contributed by atoms with Gasteiger partial charge in [0.2, 0.25) is 5.91 Å². The maximum absolute atomic E-state index is 13.2. The fourth-order valence-electron chi connectivity index (χ4n) is 4.60. The molecule has 0 bridgehead atoms. The molecule has 0 saturated carbocycles. The van der Waals surface area contributed by atoms with Gasteiger partial charge in [0.25, 0.3) is 11.5 Å². The summed E-state index contributed by atoms with van der Waals surface area (Å²) in [4.78, 5) is 56.6. The van der Waals surface area contributed by atoms with Crippen LogP contribution < -0.4 is 21.9 Å². The maximum Gasteiger partial charge on any atom is 0.333 e. The number of benzene rings is 3. The van der Waals surface area contributed by atoms with E-state index in [1.54, 1.807) is 72.8 Å². The van der Waals surface area contributed by atoms with E-state index in [2.05, 4.69) is 20.5 Å². The molecular formula is C28H27N5O4. The molecule has 5 rings (SSSR count). The van der Waals surface area contributed by atoms with Crippen LogP contribution in [0, 0.1) is 0 Å². The first-order valence-electron chi connectivity index (χ1n) is 12.3. The number of aromatic amines is 1. The number of nitrogens with one attached hydrogen (secondary N) is 3. The highest BCUT2D eigenvalue weighted by molar-refractivity contribution is 6.07. The molecule has 4 aromatic rings. The summed E-state index contributed by atoms with van der Waals surface area (Å²) in [7, 11) is 0. The Balaban J connectivity index is 1.35. The van der Waals surface area contributed by atoms with E-state index in [4.69, 9.17) is 0 Å². The van der Waals surface area contributed by atoms with Gasteiger partial charge in [0.05, 0.1) is 22.2 Å². The van der Waals surface area contributed by atoms with Crippen molar-refractivity contribution in [2.45, 2.75) is 19.3 Å². The number of hydrogen-bond acceptors (Lipinski definition) is 5. The summed E-state index contributed by atoms with van der Waals surface area (Å²) in [5.41, 5.74) is 0.640. The van der Waals surface area contributed by atoms with Crippen LogP contribution in [0.1, 0.15) is 29.6 Å². The van der Waals surface area contributed by atoms with Gasteiger partial charge in [-0.05, 0) is 68.4 Å². The number of likely N-dealkylation sites (tertiary alicyclic amines) is 1. The Bertz CT molecular complexity index is 1580. The van der Waals surface area contributed by atoms with E-state index >= 15 is 0 Å². The molecule has 9 nitrogen and oxygen atoms in total. The molecule has 1 aliphatic heterocycles. The van der Waals surface area contributed by atoms with Crippen molar-refractivity contribution in [3.8, 4) is 5.69 Å². The number of nitrogens with zero attached hydrogens (tertiary/aromatic N) is 2. The lowest BCUT2D eigenvalue weighted by Gasteiger charge is -2.14. The molecule has 0 aliphatic carbocycles. The third kappa shape index (κ3) is 5.36. The van der Waals surface area contributed by atoms with Gasteiger partial charge in [-0.1, -0.05) is 30.3 Å². The zero-order valence-electron chi connectivity index (χ0n) is 20.2. The minimum Gasteiger partial charge on any atom is -0.326 e. The van der Waals surface area contributed by atoms with Gasteiger partial charge in [0, 0.05) is 24.3 Å². The third-order valence-corrected chi connectivity index (χ3v) is 6.45. The van der Waals surface area contributed by atoms with Crippen LogP contribution >= 0.6 is 0 Å². The van der Waals surface area contributed by atoms with Crippen molar-refractivity contribution in [2.75, 3.05) is 30.3 Å². The molecule has 1 fully saturated rings. The number of anilines is 2. The number of amides is 2. The van der Waals surface area contributed by atoms with Crippen LogP contribution in [-0.2, 0) is 4.79 Å². The lowest BCUT2D eigenvalue weighted by atomic mass is 10.1. The van der Waals surface area contributed by atoms with Crippen molar-refractivity contribution >= 4 is 34.1 Å². The third-order valence-electron chi connectivity index (χ3n) is 6.45. The van der Waals surface area contributed by atoms with Crippen molar-refractivity contribution < 1.29 is 9.59 Å². The quantitative estimate of drug-likeness (QED) is 0.362. The van der Waals surface area contributed by atoms with Crippen LogP contribution in [0.15, 0.2) is 82.4 Å². The predicted molar refractivity (Wildman–Crippen MR) is 143 cm³/mol. The highest BCUT2D eigenvalue weighted by atomic mass is 16.2. The highest BCUT2D eigenvalue weighted by Crippen LogP contribution is 2.19.